The number of anilines is 1. The summed E-state index contributed by atoms with van der Waals surface area (Å²) in [6.07, 6.45) is 0.910. The highest BCUT2D eigenvalue weighted by Crippen LogP contribution is 2.31. The van der Waals surface area contributed by atoms with Gasteiger partial charge in [-0.3, -0.25) is 14.9 Å². The molecule has 1 aromatic carbocycles. The first-order valence-electron chi connectivity index (χ1n) is 6.31. The Labute approximate surface area is 116 Å². The van der Waals surface area contributed by atoms with Crippen LogP contribution in [0.1, 0.15) is 23.7 Å². The molecule has 7 nitrogen and oxygen atoms in total. The van der Waals surface area contributed by atoms with E-state index >= 15 is 0 Å². The highest BCUT2D eigenvalue weighted by molar-refractivity contribution is 5.94. The van der Waals surface area contributed by atoms with E-state index in [2.05, 4.69) is 12.2 Å². The van der Waals surface area contributed by atoms with Crippen molar-refractivity contribution in [3.05, 3.63) is 33.9 Å². The van der Waals surface area contributed by atoms with Gasteiger partial charge in [-0.1, -0.05) is 6.92 Å². The van der Waals surface area contributed by atoms with Crippen molar-refractivity contribution < 1.29 is 14.5 Å². The fourth-order valence-electron chi connectivity index (χ4n) is 2.14. The number of nitrogens with zero attached hydrogens (tertiary/aromatic N) is 1. The molecule has 0 spiro atoms. The first kappa shape index (κ1) is 14.3. The van der Waals surface area contributed by atoms with Crippen molar-refractivity contribution in [3.8, 4) is 0 Å². The maximum atomic E-state index is 11.1. The summed E-state index contributed by atoms with van der Waals surface area (Å²) in [5.41, 5.74) is 5.45. The lowest BCUT2D eigenvalue weighted by atomic mass is 9.90. The van der Waals surface area contributed by atoms with Gasteiger partial charge in [-0.05, 0) is 18.6 Å². The van der Waals surface area contributed by atoms with Crippen LogP contribution in [0.15, 0.2) is 18.2 Å². The lowest BCUT2D eigenvalue weighted by Crippen LogP contribution is -2.27. The van der Waals surface area contributed by atoms with Crippen molar-refractivity contribution in [1.82, 2.24) is 0 Å². The Morgan fingerprint density at radius 3 is 2.90 bits per heavy atom. The van der Waals surface area contributed by atoms with E-state index in [9.17, 15) is 14.9 Å². The summed E-state index contributed by atoms with van der Waals surface area (Å²) in [4.78, 5) is 21.6. The number of hydrogen-bond donors (Lipinski definition) is 2. The smallest absolute Gasteiger partial charge is 0.293 e. The van der Waals surface area contributed by atoms with E-state index in [1.165, 1.54) is 18.2 Å². The Morgan fingerprint density at radius 2 is 2.35 bits per heavy atom. The number of ether oxygens (including phenoxy) is 1. The molecule has 1 aliphatic rings. The molecular formula is C13H17N3O4. The summed E-state index contributed by atoms with van der Waals surface area (Å²) in [6, 6.07) is 4.18. The average molecular weight is 279 g/mol. The summed E-state index contributed by atoms with van der Waals surface area (Å²) >= 11 is 0. The lowest BCUT2D eigenvalue weighted by molar-refractivity contribution is -0.384. The van der Waals surface area contributed by atoms with Crippen molar-refractivity contribution in [2.45, 2.75) is 13.3 Å². The van der Waals surface area contributed by atoms with Gasteiger partial charge in [0.25, 0.3) is 5.69 Å². The van der Waals surface area contributed by atoms with E-state index in [-0.39, 0.29) is 16.7 Å². The van der Waals surface area contributed by atoms with Crippen molar-refractivity contribution in [2.75, 3.05) is 25.1 Å². The third kappa shape index (κ3) is 3.05. The van der Waals surface area contributed by atoms with Gasteiger partial charge in [0.1, 0.15) is 5.69 Å². The number of rotatable bonds is 5. The Hall–Kier alpha value is -2.15. The summed E-state index contributed by atoms with van der Waals surface area (Å²) in [5, 5.41) is 14.1. The number of primary amides is 1. The van der Waals surface area contributed by atoms with Gasteiger partial charge in [-0.2, -0.15) is 0 Å². The molecule has 1 saturated heterocycles. The van der Waals surface area contributed by atoms with Gasteiger partial charge in [-0.15, -0.1) is 0 Å². The van der Waals surface area contributed by atoms with Gasteiger partial charge in [-0.25, -0.2) is 0 Å². The van der Waals surface area contributed by atoms with Crippen LogP contribution < -0.4 is 11.1 Å². The molecule has 108 valence electrons. The average Bonchev–Trinajstić information content (AvgIpc) is 2.83. The van der Waals surface area contributed by atoms with Crippen molar-refractivity contribution in [1.29, 1.82) is 0 Å². The van der Waals surface area contributed by atoms with Crippen molar-refractivity contribution in [2.24, 2.45) is 11.1 Å². The van der Waals surface area contributed by atoms with Crippen LogP contribution in [0.5, 0.6) is 0 Å². The van der Waals surface area contributed by atoms with E-state index < -0.39 is 10.8 Å². The molecule has 1 amide bonds. The molecule has 1 aromatic rings. The molecule has 0 saturated carbocycles. The van der Waals surface area contributed by atoms with E-state index in [0.717, 1.165) is 6.42 Å². The largest absolute Gasteiger partial charge is 0.381 e. The van der Waals surface area contributed by atoms with Crippen LogP contribution in [0.25, 0.3) is 0 Å². The number of nitrogens with one attached hydrogen (secondary N) is 1. The molecule has 7 heteroatoms. The molecule has 1 fully saturated rings. The van der Waals surface area contributed by atoms with Crippen molar-refractivity contribution in [3.63, 3.8) is 0 Å². The number of nitrogens with two attached hydrogens (primary N) is 1. The first-order valence-corrected chi connectivity index (χ1v) is 6.31. The molecule has 0 radical (unpaired) electrons. The third-order valence-electron chi connectivity index (χ3n) is 3.49. The minimum Gasteiger partial charge on any atom is -0.381 e. The SMILES string of the molecule is CC1(CNc2ccc(C(N)=O)cc2[N+](=O)[O-])CCOC1. The fraction of sp³-hybridized carbons (Fsp3) is 0.462. The second kappa shape index (κ2) is 5.46. The summed E-state index contributed by atoms with van der Waals surface area (Å²) in [6.45, 7) is 3.98. The predicted octanol–water partition coefficient (Wildman–Crippen LogP) is 1.53. The number of carbonyl (C=O) groups is 1. The van der Waals surface area contributed by atoms with E-state index in [1.54, 1.807) is 0 Å². The number of nitro groups is 1. The highest BCUT2D eigenvalue weighted by atomic mass is 16.6. The minimum absolute atomic E-state index is 0.0315. The van der Waals surface area contributed by atoms with Gasteiger partial charge in [0, 0.05) is 30.2 Å². The van der Waals surface area contributed by atoms with Crippen LogP contribution >= 0.6 is 0 Å². The minimum atomic E-state index is -0.684. The molecule has 1 atom stereocenters. The molecule has 1 aliphatic heterocycles. The molecule has 1 heterocycles. The standard InChI is InChI=1S/C13H17N3O4/c1-13(4-5-20-8-13)7-15-10-3-2-9(12(14)17)6-11(10)16(18)19/h2-3,6,15H,4-5,7-8H2,1H3,(H2,14,17). The second-order valence-electron chi connectivity index (χ2n) is 5.32. The maximum Gasteiger partial charge on any atom is 0.293 e. The van der Waals surface area contributed by atoms with Gasteiger partial charge < -0.3 is 15.8 Å². The normalized spacial score (nSPS) is 21.6. The van der Waals surface area contributed by atoms with E-state index in [0.29, 0.717) is 25.4 Å². The molecule has 0 bridgehead atoms. The zero-order valence-corrected chi connectivity index (χ0v) is 11.2. The molecule has 0 aromatic heterocycles. The number of carbonyl (C=O) groups excluding carboxylic acids is 1. The number of nitro benzene ring substituents is 1. The number of hydrogen-bond acceptors (Lipinski definition) is 5. The fourth-order valence-corrected chi connectivity index (χ4v) is 2.14. The van der Waals surface area contributed by atoms with Crippen LogP contribution in [0.3, 0.4) is 0 Å². The zero-order chi connectivity index (χ0) is 14.8. The monoisotopic (exact) mass is 279 g/mol. The predicted molar refractivity (Wildman–Crippen MR) is 73.6 cm³/mol. The Morgan fingerprint density at radius 1 is 1.60 bits per heavy atom. The topological polar surface area (TPSA) is 107 Å². The Kier molecular flexibility index (Phi) is 3.89. The highest BCUT2D eigenvalue weighted by Gasteiger charge is 2.30. The molecule has 1 unspecified atom stereocenters. The molecule has 2 rings (SSSR count). The van der Waals surface area contributed by atoms with Crippen LogP contribution in [-0.4, -0.2) is 30.6 Å². The molecule has 20 heavy (non-hydrogen) atoms. The van der Waals surface area contributed by atoms with Crippen LogP contribution in [-0.2, 0) is 4.74 Å². The second-order valence-corrected chi connectivity index (χ2v) is 5.32. The van der Waals surface area contributed by atoms with Crippen LogP contribution in [0.2, 0.25) is 0 Å². The first-order chi connectivity index (χ1) is 9.41. The van der Waals surface area contributed by atoms with Gasteiger partial charge in [0.05, 0.1) is 11.5 Å². The molecular weight excluding hydrogens is 262 g/mol. The molecule has 0 aliphatic carbocycles. The summed E-state index contributed by atoms with van der Waals surface area (Å²) < 4.78 is 5.34. The quantitative estimate of drug-likeness (QED) is 0.627. The lowest BCUT2D eigenvalue weighted by Gasteiger charge is -2.22. The van der Waals surface area contributed by atoms with Crippen LogP contribution in [0, 0.1) is 15.5 Å². The van der Waals surface area contributed by atoms with E-state index in [4.69, 9.17) is 10.5 Å². The number of benzene rings is 1. The summed E-state index contributed by atoms with van der Waals surface area (Å²) in [7, 11) is 0. The van der Waals surface area contributed by atoms with Gasteiger partial charge in [0.2, 0.25) is 5.91 Å². The summed E-state index contributed by atoms with van der Waals surface area (Å²) in [5.74, 6) is -0.684. The van der Waals surface area contributed by atoms with Crippen LogP contribution in [0.4, 0.5) is 11.4 Å². The third-order valence-corrected chi connectivity index (χ3v) is 3.49. The zero-order valence-electron chi connectivity index (χ0n) is 11.2. The number of amides is 1. The maximum absolute atomic E-state index is 11.1. The van der Waals surface area contributed by atoms with Crippen molar-refractivity contribution >= 4 is 17.3 Å². The van der Waals surface area contributed by atoms with Gasteiger partial charge in [0.15, 0.2) is 0 Å². The Bertz CT molecular complexity index is 538. The van der Waals surface area contributed by atoms with E-state index in [1.807, 2.05) is 0 Å². The van der Waals surface area contributed by atoms with Gasteiger partial charge >= 0.3 is 0 Å². The Balaban J connectivity index is 2.18. The molecule has 3 N–H and O–H groups in total.